The molecule has 1 saturated carbocycles. The summed E-state index contributed by atoms with van der Waals surface area (Å²) in [6.45, 7) is 2.99. The second-order valence-electron chi connectivity index (χ2n) is 10.1. The molecule has 4 N–H and O–H groups in total. The third-order valence-corrected chi connectivity index (χ3v) is 10.6. The predicted molar refractivity (Wildman–Crippen MR) is 150 cm³/mol. The van der Waals surface area contributed by atoms with Crippen LogP contribution in [0.25, 0.3) is 0 Å². The van der Waals surface area contributed by atoms with E-state index < -0.39 is 68.0 Å². The van der Waals surface area contributed by atoms with Crippen molar-refractivity contribution in [3.63, 3.8) is 0 Å². The van der Waals surface area contributed by atoms with Gasteiger partial charge >= 0.3 is 11.9 Å². The first kappa shape index (κ1) is 30.5. The number of halogens is 4. The Balaban J connectivity index is 1.55. The fourth-order valence-corrected chi connectivity index (χ4v) is 7.08. The van der Waals surface area contributed by atoms with Crippen LogP contribution < -0.4 is 11.1 Å². The molecular formula is C24H27BrCl3N3O7S. The van der Waals surface area contributed by atoms with Gasteiger partial charge in [-0.2, -0.15) is 0 Å². The summed E-state index contributed by atoms with van der Waals surface area (Å²) >= 11 is 21.8. The molecule has 214 valence electrons. The quantitative estimate of drug-likeness (QED) is 0.154. The first-order chi connectivity index (χ1) is 18.1. The summed E-state index contributed by atoms with van der Waals surface area (Å²) in [6, 6.07) is 3.16. The normalized spacial score (nSPS) is 28.5. The van der Waals surface area contributed by atoms with Crippen molar-refractivity contribution in [2.24, 2.45) is 11.7 Å². The molecule has 1 aromatic rings. The van der Waals surface area contributed by atoms with E-state index in [9.17, 15) is 24.3 Å². The van der Waals surface area contributed by atoms with E-state index >= 15 is 0 Å². The standard InChI is InChI=1S/C24H27BrCl3N3O7S/c1-11(12-3-4-12)38-21(36)24(29,13-5-7-14(32)8-6-13)20(35)30-15-17(33)31-16(19(34)37-10-23(26,27)28)22(2,9-25)39-18(15)31/h5-8,11-12,15-16,18,32H,3-4,9-10,29H2,1-2H3,(H,30,35)/t11?,15?,16?,18-,22?,24?/m1/s1. The van der Waals surface area contributed by atoms with Crippen molar-refractivity contribution in [1.82, 2.24) is 10.2 Å². The van der Waals surface area contributed by atoms with Gasteiger partial charge in [0.1, 0.15) is 35.9 Å². The second kappa shape index (κ2) is 11.1. The number of benzene rings is 1. The Labute approximate surface area is 252 Å². The number of phenols is 1. The molecule has 3 aliphatic rings. The monoisotopic (exact) mass is 685 g/mol. The van der Waals surface area contributed by atoms with Crippen molar-refractivity contribution in [3.05, 3.63) is 29.8 Å². The van der Waals surface area contributed by atoms with Crippen LogP contribution >= 0.6 is 62.5 Å². The van der Waals surface area contributed by atoms with E-state index in [1.807, 2.05) is 0 Å². The minimum absolute atomic E-state index is 0.0759. The van der Waals surface area contributed by atoms with Crippen molar-refractivity contribution in [2.75, 3.05) is 11.9 Å². The van der Waals surface area contributed by atoms with Crippen LogP contribution in [-0.2, 0) is 34.2 Å². The van der Waals surface area contributed by atoms with Gasteiger partial charge in [0, 0.05) is 5.33 Å². The maximum atomic E-state index is 13.6. The molecule has 2 aliphatic heterocycles. The lowest BCUT2D eigenvalue weighted by Crippen LogP contribution is -2.73. The molecule has 6 atom stereocenters. The summed E-state index contributed by atoms with van der Waals surface area (Å²) < 4.78 is 8.06. The fourth-order valence-electron chi connectivity index (χ4n) is 4.60. The number of β-lactam (4-membered cyclic amide) rings is 1. The van der Waals surface area contributed by atoms with Gasteiger partial charge in [0.25, 0.3) is 5.91 Å². The molecule has 0 radical (unpaired) electrons. The topological polar surface area (TPSA) is 148 Å². The molecule has 0 bridgehead atoms. The molecule has 0 aromatic heterocycles. The largest absolute Gasteiger partial charge is 0.508 e. The molecule has 1 aromatic carbocycles. The minimum atomic E-state index is -2.30. The molecule has 2 heterocycles. The number of carbonyl (C=O) groups is 4. The summed E-state index contributed by atoms with van der Waals surface area (Å²) in [4.78, 5) is 54.4. The minimum Gasteiger partial charge on any atom is -0.508 e. The van der Waals surface area contributed by atoms with Crippen LogP contribution in [0.1, 0.15) is 32.3 Å². The number of thioether (sulfide) groups is 1. The van der Waals surface area contributed by atoms with Crippen molar-refractivity contribution >= 4 is 86.2 Å². The number of ether oxygens (including phenoxy) is 2. The van der Waals surface area contributed by atoms with Gasteiger partial charge in [-0.3, -0.25) is 9.59 Å². The molecule has 4 rings (SSSR count). The summed E-state index contributed by atoms with van der Waals surface area (Å²) in [7, 11) is 0. The lowest BCUT2D eigenvalue weighted by atomic mass is 9.88. The number of nitrogens with zero attached hydrogens (tertiary/aromatic N) is 1. The molecule has 1 aliphatic carbocycles. The molecule has 15 heteroatoms. The lowest BCUT2D eigenvalue weighted by molar-refractivity contribution is -0.166. The summed E-state index contributed by atoms with van der Waals surface area (Å²) in [5, 5.41) is 12.0. The smallest absolute Gasteiger partial charge is 0.340 e. The first-order valence-corrected chi connectivity index (χ1v) is 15.2. The number of esters is 2. The fraction of sp³-hybridized carbons (Fsp3) is 0.583. The zero-order chi connectivity index (χ0) is 28.9. The number of phenolic OH excluding ortho intramolecular Hbond substituents is 1. The zero-order valence-corrected chi connectivity index (χ0v) is 25.5. The third-order valence-electron chi connectivity index (χ3n) is 7.06. The van der Waals surface area contributed by atoms with E-state index in [-0.39, 0.29) is 17.2 Å². The molecule has 5 unspecified atom stereocenters. The molecule has 3 fully saturated rings. The van der Waals surface area contributed by atoms with Crippen LogP contribution in [0.3, 0.4) is 0 Å². The van der Waals surface area contributed by atoms with Crippen molar-refractivity contribution in [1.29, 1.82) is 0 Å². The first-order valence-electron chi connectivity index (χ1n) is 12.0. The molecular weight excluding hydrogens is 661 g/mol. The Hall–Kier alpha value is -1.44. The van der Waals surface area contributed by atoms with Crippen LogP contribution in [0.5, 0.6) is 5.75 Å². The number of nitrogens with one attached hydrogen (secondary N) is 1. The highest BCUT2D eigenvalue weighted by atomic mass is 79.9. The maximum Gasteiger partial charge on any atom is 0.340 e. The van der Waals surface area contributed by atoms with Crippen LogP contribution in [0.15, 0.2) is 24.3 Å². The SMILES string of the molecule is CC(OC(=O)C(N)(C(=O)NC1C(=O)N2C(C(=O)OCC(Cl)(Cl)Cl)C(C)(CBr)S[C@H]12)c1ccc(O)cc1)C1CC1. The number of carbonyl (C=O) groups excluding carboxylic acids is 4. The molecule has 2 saturated heterocycles. The Kier molecular flexibility index (Phi) is 8.68. The van der Waals surface area contributed by atoms with Gasteiger partial charge in [0.2, 0.25) is 15.2 Å². The molecule has 0 spiro atoms. The number of alkyl halides is 4. The Bertz CT molecular complexity index is 1170. The van der Waals surface area contributed by atoms with Crippen molar-refractivity contribution in [3.8, 4) is 5.75 Å². The van der Waals surface area contributed by atoms with Gasteiger partial charge in [-0.15, -0.1) is 11.8 Å². The number of rotatable bonds is 9. The highest BCUT2D eigenvalue weighted by Crippen LogP contribution is 2.52. The number of amides is 2. The number of hydrogen-bond acceptors (Lipinski definition) is 9. The van der Waals surface area contributed by atoms with Crippen LogP contribution in [-0.4, -0.2) is 77.8 Å². The molecule has 10 nitrogen and oxygen atoms in total. The van der Waals surface area contributed by atoms with E-state index in [1.54, 1.807) is 13.8 Å². The van der Waals surface area contributed by atoms with E-state index in [1.165, 1.54) is 40.9 Å². The van der Waals surface area contributed by atoms with Crippen LogP contribution in [0.2, 0.25) is 0 Å². The average molecular weight is 688 g/mol. The van der Waals surface area contributed by atoms with E-state index in [0.29, 0.717) is 5.33 Å². The average Bonchev–Trinajstić information content (AvgIpc) is 3.69. The second-order valence-corrected chi connectivity index (χ2v) is 14.8. The van der Waals surface area contributed by atoms with Gasteiger partial charge < -0.3 is 30.5 Å². The molecule has 2 amide bonds. The van der Waals surface area contributed by atoms with Crippen LogP contribution in [0.4, 0.5) is 0 Å². The Morgan fingerprint density at radius 1 is 1.28 bits per heavy atom. The zero-order valence-electron chi connectivity index (χ0n) is 20.9. The summed E-state index contributed by atoms with van der Waals surface area (Å²) in [5.41, 5.74) is 4.22. The van der Waals surface area contributed by atoms with Gasteiger partial charge in [0.05, 0.1) is 4.75 Å². The Morgan fingerprint density at radius 2 is 1.90 bits per heavy atom. The van der Waals surface area contributed by atoms with Crippen LogP contribution in [0, 0.1) is 5.92 Å². The summed E-state index contributed by atoms with van der Waals surface area (Å²) in [5.74, 6) is -3.15. The highest BCUT2D eigenvalue weighted by Gasteiger charge is 2.66. The maximum absolute atomic E-state index is 13.6. The lowest BCUT2D eigenvalue weighted by Gasteiger charge is -2.44. The van der Waals surface area contributed by atoms with E-state index in [0.717, 1.165) is 12.8 Å². The van der Waals surface area contributed by atoms with Gasteiger partial charge in [-0.1, -0.05) is 62.9 Å². The number of hydrogen-bond donors (Lipinski definition) is 3. The van der Waals surface area contributed by atoms with Crippen molar-refractivity contribution in [2.45, 2.75) is 64.3 Å². The van der Waals surface area contributed by atoms with Gasteiger partial charge in [-0.05, 0) is 50.3 Å². The van der Waals surface area contributed by atoms with E-state index in [4.69, 9.17) is 50.0 Å². The number of nitrogens with two attached hydrogens (primary N) is 1. The highest BCUT2D eigenvalue weighted by molar-refractivity contribution is 9.09. The van der Waals surface area contributed by atoms with Gasteiger partial charge in [0.15, 0.2) is 0 Å². The van der Waals surface area contributed by atoms with E-state index in [2.05, 4.69) is 21.2 Å². The number of fused-ring (bicyclic) bond motifs is 1. The Morgan fingerprint density at radius 3 is 2.44 bits per heavy atom. The van der Waals surface area contributed by atoms with Crippen molar-refractivity contribution < 1.29 is 33.8 Å². The van der Waals surface area contributed by atoms with Gasteiger partial charge in [-0.25, -0.2) is 9.59 Å². The number of aromatic hydroxyl groups is 1. The summed E-state index contributed by atoms with van der Waals surface area (Å²) in [6.07, 6.45) is 1.36. The third kappa shape index (κ3) is 5.97. The molecule has 39 heavy (non-hydrogen) atoms. The predicted octanol–water partition coefficient (Wildman–Crippen LogP) is 2.72.